The summed E-state index contributed by atoms with van der Waals surface area (Å²) in [7, 11) is 0. The molecule has 0 saturated heterocycles. The molecule has 1 heterocycles. The first kappa shape index (κ1) is 16.8. The fourth-order valence-corrected chi connectivity index (χ4v) is 4.06. The highest BCUT2D eigenvalue weighted by atomic mass is 79.9. The molecule has 4 heteroatoms. The van der Waals surface area contributed by atoms with Gasteiger partial charge in [0, 0.05) is 36.6 Å². The molecule has 0 unspecified atom stereocenters. The van der Waals surface area contributed by atoms with Crippen molar-refractivity contribution in [3.8, 4) is 0 Å². The smallest absolute Gasteiger partial charge is 0.223 e. The lowest BCUT2D eigenvalue weighted by atomic mass is 9.99. The maximum Gasteiger partial charge on any atom is 0.223 e. The Kier molecular flexibility index (Phi) is 4.91. The van der Waals surface area contributed by atoms with Gasteiger partial charge >= 0.3 is 0 Å². The van der Waals surface area contributed by atoms with Crippen LogP contribution in [0.15, 0.2) is 46.9 Å². The van der Waals surface area contributed by atoms with Gasteiger partial charge in [-0.15, -0.1) is 0 Å². The largest absolute Gasteiger partial charge is 0.352 e. The van der Waals surface area contributed by atoms with Crippen molar-refractivity contribution in [1.82, 2.24) is 10.2 Å². The average Bonchev–Trinajstić information content (AvgIpc) is 3.46. The summed E-state index contributed by atoms with van der Waals surface area (Å²) in [5, 5.41) is 3.02. The molecule has 0 bridgehead atoms. The summed E-state index contributed by atoms with van der Waals surface area (Å²) in [6.07, 6.45) is 3.21. The molecule has 1 aliphatic carbocycles. The molecule has 1 N–H and O–H groups in total. The molecule has 2 aliphatic rings. The summed E-state index contributed by atoms with van der Waals surface area (Å²) in [5.41, 5.74) is 5.39. The number of benzene rings is 2. The molecule has 1 fully saturated rings. The van der Waals surface area contributed by atoms with Crippen LogP contribution in [0.2, 0.25) is 0 Å². The molecular formula is C21H23BrN2O. The zero-order valence-electron chi connectivity index (χ0n) is 14.3. The van der Waals surface area contributed by atoms with E-state index in [0.717, 1.165) is 38.9 Å². The van der Waals surface area contributed by atoms with E-state index in [9.17, 15) is 4.79 Å². The highest BCUT2D eigenvalue weighted by molar-refractivity contribution is 9.10. The van der Waals surface area contributed by atoms with Gasteiger partial charge in [-0.25, -0.2) is 0 Å². The second kappa shape index (κ2) is 7.30. The van der Waals surface area contributed by atoms with Gasteiger partial charge in [-0.2, -0.15) is 0 Å². The second-order valence-corrected chi connectivity index (χ2v) is 8.00. The molecule has 1 saturated carbocycles. The second-order valence-electron chi connectivity index (χ2n) is 7.15. The number of fused-ring (bicyclic) bond motifs is 1. The maximum atomic E-state index is 11.7. The van der Waals surface area contributed by atoms with Gasteiger partial charge < -0.3 is 5.32 Å². The van der Waals surface area contributed by atoms with Gasteiger partial charge in [0.25, 0.3) is 0 Å². The minimum Gasteiger partial charge on any atom is -0.352 e. The van der Waals surface area contributed by atoms with E-state index in [1.165, 1.54) is 26.7 Å². The first-order chi connectivity index (χ1) is 12.2. The van der Waals surface area contributed by atoms with E-state index in [4.69, 9.17) is 0 Å². The van der Waals surface area contributed by atoms with Crippen molar-refractivity contribution in [2.75, 3.05) is 6.54 Å². The molecular weight excluding hydrogens is 376 g/mol. The van der Waals surface area contributed by atoms with Crippen molar-refractivity contribution in [1.29, 1.82) is 0 Å². The van der Waals surface area contributed by atoms with Crippen molar-refractivity contribution < 1.29 is 4.79 Å². The van der Waals surface area contributed by atoms with E-state index in [-0.39, 0.29) is 11.8 Å². The van der Waals surface area contributed by atoms with E-state index in [0.29, 0.717) is 6.54 Å². The molecule has 25 heavy (non-hydrogen) atoms. The van der Waals surface area contributed by atoms with Crippen molar-refractivity contribution in [3.63, 3.8) is 0 Å². The van der Waals surface area contributed by atoms with Crippen LogP contribution in [0.1, 0.15) is 35.1 Å². The number of halogens is 1. The molecule has 130 valence electrons. The van der Waals surface area contributed by atoms with Gasteiger partial charge in [0.15, 0.2) is 0 Å². The van der Waals surface area contributed by atoms with Crippen LogP contribution in [0.25, 0.3) is 0 Å². The van der Waals surface area contributed by atoms with Crippen LogP contribution in [0.3, 0.4) is 0 Å². The summed E-state index contributed by atoms with van der Waals surface area (Å²) >= 11 is 3.67. The third-order valence-corrected chi connectivity index (χ3v) is 5.87. The minimum atomic E-state index is 0.210. The van der Waals surface area contributed by atoms with Crippen LogP contribution in [0.5, 0.6) is 0 Å². The van der Waals surface area contributed by atoms with Crippen molar-refractivity contribution in [3.05, 3.63) is 69.2 Å². The SMILES string of the molecule is O=C(NCc1ccc(CN2CCc3c(Br)cccc3C2)cc1)C1CC1. The zero-order valence-corrected chi connectivity index (χ0v) is 15.9. The highest BCUT2D eigenvalue weighted by Crippen LogP contribution is 2.29. The van der Waals surface area contributed by atoms with Gasteiger partial charge in [0.1, 0.15) is 0 Å². The standard InChI is InChI=1S/C21H23BrN2O/c22-20-3-1-2-18-14-24(11-10-19(18)20)13-16-6-4-15(5-7-16)12-23-21(25)17-8-9-17/h1-7,17H,8-14H2,(H,23,25). The van der Waals surface area contributed by atoms with Crippen molar-refractivity contribution in [2.45, 2.75) is 38.9 Å². The fraction of sp³-hybridized carbons (Fsp3) is 0.381. The summed E-state index contributed by atoms with van der Waals surface area (Å²) in [6, 6.07) is 15.1. The number of carbonyl (C=O) groups excluding carboxylic acids is 1. The Bertz CT molecular complexity index is 768. The van der Waals surface area contributed by atoms with Gasteiger partial charge in [0.05, 0.1) is 0 Å². The van der Waals surface area contributed by atoms with Crippen LogP contribution in [-0.2, 0) is 30.8 Å². The summed E-state index contributed by atoms with van der Waals surface area (Å²) in [5.74, 6) is 0.489. The number of nitrogens with zero attached hydrogens (tertiary/aromatic N) is 1. The normalized spacial score (nSPS) is 17.2. The van der Waals surface area contributed by atoms with E-state index >= 15 is 0 Å². The number of rotatable bonds is 5. The zero-order chi connectivity index (χ0) is 17.2. The molecule has 0 radical (unpaired) electrons. The number of hydrogen-bond donors (Lipinski definition) is 1. The Balaban J connectivity index is 1.33. The Labute approximate surface area is 157 Å². The third-order valence-electron chi connectivity index (χ3n) is 5.13. The van der Waals surface area contributed by atoms with E-state index < -0.39 is 0 Å². The average molecular weight is 399 g/mol. The van der Waals surface area contributed by atoms with Gasteiger partial charge in [0.2, 0.25) is 5.91 Å². The lowest BCUT2D eigenvalue weighted by molar-refractivity contribution is -0.122. The summed E-state index contributed by atoms with van der Waals surface area (Å²) in [4.78, 5) is 14.2. The maximum absolute atomic E-state index is 11.7. The number of amides is 1. The lowest BCUT2D eigenvalue weighted by Gasteiger charge is -2.29. The van der Waals surface area contributed by atoms with Gasteiger partial charge in [-0.05, 0) is 47.6 Å². The Morgan fingerprint density at radius 2 is 1.88 bits per heavy atom. The lowest BCUT2D eigenvalue weighted by Crippen LogP contribution is -2.30. The molecule has 2 aromatic rings. The van der Waals surface area contributed by atoms with Crippen LogP contribution in [-0.4, -0.2) is 17.4 Å². The third kappa shape index (κ3) is 4.13. The van der Waals surface area contributed by atoms with Crippen LogP contribution < -0.4 is 5.32 Å². The number of carbonyl (C=O) groups is 1. The van der Waals surface area contributed by atoms with Crippen LogP contribution >= 0.6 is 15.9 Å². The Morgan fingerprint density at radius 3 is 2.64 bits per heavy atom. The van der Waals surface area contributed by atoms with Crippen LogP contribution in [0, 0.1) is 5.92 Å². The molecule has 3 nitrogen and oxygen atoms in total. The Hall–Kier alpha value is -1.65. The molecule has 1 amide bonds. The van der Waals surface area contributed by atoms with Gasteiger partial charge in [-0.1, -0.05) is 52.3 Å². The molecule has 0 spiro atoms. The molecule has 0 atom stereocenters. The molecule has 1 aliphatic heterocycles. The van der Waals surface area contributed by atoms with E-state index in [1.807, 2.05) is 0 Å². The minimum absolute atomic E-state index is 0.210. The fourth-order valence-electron chi connectivity index (χ4n) is 3.46. The Morgan fingerprint density at radius 1 is 1.12 bits per heavy atom. The predicted octanol–water partition coefficient (Wildman–Crippen LogP) is 4.03. The predicted molar refractivity (Wildman–Crippen MR) is 103 cm³/mol. The summed E-state index contributed by atoms with van der Waals surface area (Å²) in [6.45, 7) is 3.71. The topological polar surface area (TPSA) is 32.3 Å². The van der Waals surface area contributed by atoms with Crippen LogP contribution in [0.4, 0.5) is 0 Å². The quantitative estimate of drug-likeness (QED) is 0.824. The summed E-state index contributed by atoms with van der Waals surface area (Å²) < 4.78 is 1.24. The molecule has 0 aromatic heterocycles. The number of hydrogen-bond acceptors (Lipinski definition) is 2. The van der Waals surface area contributed by atoms with E-state index in [2.05, 4.69) is 68.6 Å². The van der Waals surface area contributed by atoms with Crippen molar-refractivity contribution in [2.24, 2.45) is 5.92 Å². The van der Waals surface area contributed by atoms with E-state index in [1.54, 1.807) is 0 Å². The monoisotopic (exact) mass is 398 g/mol. The van der Waals surface area contributed by atoms with Gasteiger partial charge in [-0.3, -0.25) is 9.69 Å². The number of nitrogens with one attached hydrogen (secondary N) is 1. The first-order valence-corrected chi connectivity index (χ1v) is 9.82. The van der Waals surface area contributed by atoms with Crippen molar-refractivity contribution >= 4 is 21.8 Å². The molecule has 2 aromatic carbocycles. The first-order valence-electron chi connectivity index (χ1n) is 9.03. The highest BCUT2D eigenvalue weighted by Gasteiger charge is 2.29. The molecule has 4 rings (SSSR count).